The monoisotopic (exact) mass is 276 g/mol. The summed E-state index contributed by atoms with van der Waals surface area (Å²) in [6, 6.07) is 0. The second-order valence-electron chi connectivity index (χ2n) is 4.22. The van der Waals surface area contributed by atoms with Crippen molar-refractivity contribution >= 4 is 0 Å². The third-order valence-electron chi connectivity index (χ3n) is 3.12. The van der Waals surface area contributed by atoms with E-state index >= 15 is 0 Å². The van der Waals surface area contributed by atoms with Gasteiger partial charge in [-0.3, -0.25) is 0 Å². The Morgan fingerprint density at radius 1 is 1.00 bits per heavy atom. The minimum atomic E-state index is -0.542. The first kappa shape index (κ1) is 16.6. The average Bonchev–Trinajstić information content (AvgIpc) is 2.44. The van der Waals surface area contributed by atoms with Gasteiger partial charge in [0.2, 0.25) is 0 Å². The Bertz CT molecular complexity index is 260. The van der Waals surface area contributed by atoms with E-state index in [-0.39, 0.29) is 24.4 Å². The van der Waals surface area contributed by atoms with Gasteiger partial charge in [-0.2, -0.15) is 0 Å². The fourth-order valence-electron chi connectivity index (χ4n) is 2.28. The summed E-state index contributed by atoms with van der Waals surface area (Å²) in [6.07, 6.45) is -0.105. The van der Waals surface area contributed by atoms with Gasteiger partial charge in [0.05, 0.1) is 13.2 Å². The second kappa shape index (κ2) is 8.63. The molecule has 0 aromatic carbocycles. The van der Waals surface area contributed by atoms with E-state index in [1.807, 2.05) is 0 Å². The van der Waals surface area contributed by atoms with Gasteiger partial charge < -0.3 is 28.4 Å². The molecular formula is C13H24O6. The minimum absolute atomic E-state index is 0.277. The summed E-state index contributed by atoms with van der Waals surface area (Å²) in [5.41, 5.74) is 0. The first-order chi connectivity index (χ1) is 9.23. The molecule has 1 fully saturated rings. The molecule has 0 saturated carbocycles. The highest BCUT2D eigenvalue weighted by Gasteiger charge is 2.47. The number of rotatable bonds is 8. The van der Waals surface area contributed by atoms with Crippen LogP contribution in [0.1, 0.15) is 0 Å². The molecule has 0 amide bonds. The third kappa shape index (κ3) is 3.98. The van der Waals surface area contributed by atoms with E-state index in [1.165, 1.54) is 0 Å². The minimum Gasteiger partial charge on any atom is -0.382 e. The van der Waals surface area contributed by atoms with Gasteiger partial charge in [-0.25, -0.2) is 0 Å². The number of hydrogen-bond donors (Lipinski definition) is 0. The zero-order chi connectivity index (χ0) is 14.3. The van der Waals surface area contributed by atoms with Crippen LogP contribution in [0.3, 0.4) is 0 Å². The van der Waals surface area contributed by atoms with Crippen LogP contribution in [0.15, 0.2) is 12.7 Å². The Balaban J connectivity index is 2.84. The van der Waals surface area contributed by atoms with Crippen LogP contribution in [0.25, 0.3) is 0 Å². The maximum Gasteiger partial charge on any atom is 0.187 e. The smallest absolute Gasteiger partial charge is 0.187 e. The molecule has 0 radical (unpaired) electrons. The highest BCUT2D eigenvalue weighted by molar-refractivity contribution is 4.92. The van der Waals surface area contributed by atoms with Gasteiger partial charge in [-0.05, 0) is 0 Å². The van der Waals surface area contributed by atoms with Crippen molar-refractivity contribution in [3.8, 4) is 0 Å². The van der Waals surface area contributed by atoms with Gasteiger partial charge >= 0.3 is 0 Å². The van der Waals surface area contributed by atoms with Crippen LogP contribution in [0.4, 0.5) is 0 Å². The fourth-order valence-corrected chi connectivity index (χ4v) is 2.28. The van der Waals surface area contributed by atoms with Crippen LogP contribution in [0.5, 0.6) is 0 Å². The zero-order valence-electron chi connectivity index (χ0n) is 12.0. The quantitative estimate of drug-likeness (QED) is 0.605. The molecule has 0 aromatic rings. The Kier molecular flexibility index (Phi) is 7.52. The molecule has 1 rings (SSSR count). The van der Waals surface area contributed by atoms with Crippen molar-refractivity contribution in [2.45, 2.75) is 30.7 Å². The van der Waals surface area contributed by atoms with E-state index in [9.17, 15) is 0 Å². The van der Waals surface area contributed by atoms with Crippen LogP contribution < -0.4 is 0 Å². The molecule has 0 bridgehead atoms. The Morgan fingerprint density at radius 2 is 1.63 bits per heavy atom. The maximum absolute atomic E-state index is 5.84. The zero-order valence-corrected chi connectivity index (χ0v) is 12.0. The summed E-state index contributed by atoms with van der Waals surface area (Å²) in [5.74, 6) is 0. The summed E-state index contributed by atoms with van der Waals surface area (Å²) in [6.45, 7) is 4.38. The molecule has 19 heavy (non-hydrogen) atoms. The molecule has 1 saturated heterocycles. The molecular weight excluding hydrogens is 252 g/mol. The number of hydrogen-bond acceptors (Lipinski definition) is 6. The standard InChI is InChI=1S/C13H24O6/c1-6-7-18-13-12(17-5)11(16-4)10(15-3)9(19-13)8-14-2/h6,9-13H,1,7-8H2,2-5H3/t9?,10-,11?,12?,13+/m0/s1. The highest BCUT2D eigenvalue weighted by atomic mass is 16.7. The van der Waals surface area contributed by atoms with E-state index in [2.05, 4.69) is 6.58 Å². The summed E-state index contributed by atoms with van der Waals surface area (Å²) < 4.78 is 33.0. The summed E-state index contributed by atoms with van der Waals surface area (Å²) >= 11 is 0. The van der Waals surface area contributed by atoms with Gasteiger partial charge in [0.25, 0.3) is 0 Å². The topological polar surface area (TPSA) is 55.4 Å². The summed E-state index contributed by atoms with van der Waals surface area (Å²) in [7, 11) is 6.43. The SMILES string of the molecule is C=CCO[C@@H]1OC(COC)[C@H](OC)C(OC)C1OC. The van der Waals surface area contributed by atoms with E-state index < -0.39 is 6.29 Å². The molecule has 6 nitrogen and oxygen atoms in total. The molecule has 0 N–H and O–H groups in total. The molecule has 5 atom stereocenters. The van der Waals surface area contributed by atoms with Gasteiger partial charge in [-0.1, -0.05) is 6.08 Å². The van der Waals surface area contributed by atoms with Crippen molar-refractivity contribution in [3.05, 3.63) is 12.7 Å². The van der Waals surface area contributed by atoms with Crippen molar-refractivity contribution in [2.24, 2.45) is 0 Å². The second-order valence-corrected chi connectivity index (χ2v) is 4.22. The van der Waals surface area contributed by atoms with E-state index in [1.54, 1.807) is 34.5 Å². The van der Waals surface area contributed by atoms with Gasteiger partial charge in [0.15, 0.2) is 6.29 Å². The van der Waals surface area contributed by atoms with Crippen molar-refractivity contribution in [3.63, 3.8) is 0 Å². The van der Waals surface area contributed by atoms with Crippen LogP contribution in [0.2, 0.25) is 0 Å². The first-order valence-electron chi connectivity index (χ1n) is 6.18. The lowest BCUT2D eigenvalue weighted by Gasteiger charge is -2.44. The molecule has 1 aliphatic rings. The predicted molar refractivity (Wildman–Crippen MR) is 69.1 cm³/mol. The third-order valence-corrected chi connectivity index (χ3v) is 3.12. The van der Waals surface area contributed by atoms with Crippen LogP contribution in [-0.4, -0.2) is 72.4 Å². The predicted octanol–water partition coefficient (Wildman–Crippen LogP) is 0.605. The Labute approximate surface area is 114 Å². The average molecular weight is 276 g/mol. The van der Waals surface area contributed by atoms with Crippen LogP contribution in [-0.2, 0) is 28.4 Å². The molecule has 0 aliphatic carbocycles. The maximum atomic E-state index is 5.84. The molecule has 0 aromatic heterocycles. The number of methoxy groups -OCH3 is 4. The van der Waals surface area contributed by atoms with Gasteiger partial charge in [0, 0.05) is 28.4 Å². The molecule has 1 aliphatic heterocycles. The normalized spacial score (nSPS) is 35.3. The van der Waals surface area contributed by atoms with Crippen LogP contribution in [0, 0.1) is 0 Å². The van der Waals surface area contributed by atoms with Crippen LogP contribution >= 0.6 is 0 Å². The molecule has 112 valence electrons. The van der Waals surface area contributed by atoms with Crippen molar-refractivity contribution in [1.82, 2.24) is 0 Å². The molecule has 6 heteroatoms. The first-order valence-corrected chi connectivity index (χ1v) is 6.18. The lowest BCUT2D eigenvalue weighted by Crippen LogP contribution is -2.61. The highest BCUT2D eigenvalue weighted by Crippen LogP contribution is 2.27. The lowest BCUT2D eigenvalue weighted by atomic mass is 9.98. The lowest BCUT2D eigenvalue weighted by molar-refractivity contribution is -0.311. The van der Waals surface area contributed by atoms with E-state index in [0.29, 0.717) is 13.2 Å². The fraction of sp³-hybridized carbons (Fsp3) is 0.846. The summed E-state index contributed by atoms with van der Waals surface area (Å²) in [4.78, 5) is 0. The largest absolute Gasteiger partial charge is 0.382 e. The molecule has 3 unspecified atom stereocenters. The van der Waals surface area contributed by atoms with E-state index in [0.717, 1.165) is 0 Å². The van der Waals surface area contributed by atoms with E-state index in [4.69, 9.17) is 28.4 Å². The molecule has 1 heterocycles. The Morgan fingerprint density at radius 3 is 2.11 bits per heavy atom. The summed E-state index contributed by atoms with van der Waals surface area (Å²) in [5, 5.41) is 0. The molecule has 0 spiro atoms. The van der Waals surface area contributed by atoms with Crippen molar-refractivity contribution < 1.29 is 28.4 Å². The Hall–Kier alpha value is -0.500. The van der Waals surface area contributed by atoms with Crippen molar-refractivity contribution in [1.29, 1.82) is 0 Å². The number of ether oxygens (including phenoxy) is 6. The van der Waals surface area contributed by atoms with Gasteiger partial charge in [-0.15, -0.1) is 6.58 Å². The van der Waals surface area contributed by atoms with Gasteiger partial charge in [0.1, 0.15) is 24.4 Å². The van der Waals surface area contributed by atoms with Crippen molar-refractivity contribution in [2.75, 3.05) is 41.7 Å².